The van der Waals surface area contributed by atoms with Crippen LogP contribution >= 0.6 is 11.6 Å². The summed E-state index contributed by atoms with van der Waals surface area (Å²) in [5.41, 5.74) is 0.308. The van der Waals surface area contributed by atoms with Crippen LogP contribution in [0.15, 0.2) is 33.9 Å². The number of rotatable bonds is 5. The van der Waals surface area contributed by atoms with Crippen molar-refractivity contribution in [3.8, 4) is 0 Å². The number of sulfone groups is 1. The Balaban J connectivity index is 2.28. The third-order valence-electron chi connectivity index (χ3n) is 3.08. The minimum Gasteiger partial charge on any atom is -0.410 e. The molecule has 1 N–H and O–H groups in total. The molecular weight excluding hydrogens is 342 g/mol. The van der Waals surface area contributed by atoms with Crippen LogP contribution in [-0.2, 0) is 9.84 Å². The van der Waals surface area contributed by atoms with Crippen LogP contribution in [0, 0.1) is 5.92 Å². The standard InChI is InChI=1S/C14H16ClN3O4S/c1-8(2)11(13-17-18-14(22-13)23(3,20)21)16-12(19)9-6-4-5-7-10(9)15/h4-8,11H,1-3H3,(H,16,19)/t11-/m0/s1. The molecule has 7 nitrogen and oxygen atoms in total. The van der Waals surface area contributed by atoms with E-state index in [4.69, 9.17) is 16.0 Å². The van der Waals surface area contributed by atoms with Crippen molar-refractivity contribution in [1.29, 1.82) is 0 Å². The van der Waals surface area contributed by atoms with Gasteiger partial charge in [-0.15, -0.1) is 5.10 Å². The first-order chi connectivity index (χ1) is 10.7. The molecule has 9 heteroatoms. The summed E-state index contributed by atoms with van der Waals surface area (Å²) in [6, 6.07) is 5.97. The van der Waals surface area contributed by atoms with Crippen LogP contribution < -0.4 is 5.32 Å². The summed E-state index contributed by atoms with van der Waals surface area (Å²) in [4.78, 5) is 12.4. The predicted octanol–water partition coefficient (Wildman–Crippen LogP) is 2.25. The summed E-state index contributed by atoms with van der Waals surface area (Å²) in [5, 5.41) is 9.81. The van der Waals surface area contributed by atoms with E-state index in [1.165, 1.54) is 0 Å². The quantitative estimate of drug-likeness (QED) is 0.880. The minimum atomic E-state index is -3.60. The summed E-state index contributed by atoms with van der Waals surface area (Å²) in [7, 11) is -3.60. The molecule has 0 spiro atoms. The van der Waals surface area contributed by atoms with Gasteiger partial charge in [-0.05, 0) is 18.1 Å². The fourth-order valence-corrected chi connectivity index (χ4v) is 2.52. The summed E-state index contributed by atoms with van der Waals surface area (Å²) in [5.74, 6) is -0.483. The van der Waals surface area contributed by atoms with Gasteiger partial charge < -0.3 is 9.73 Å². The second kappa shape index (κ2) is 6.67. The van der Waals surface area contributed by atoms with Crippen LogP contribution in [0.1, 0.15) is 36.1 Å². The van der Waals surface area contributed by atoms with Gasteiger partial charge in [0.05, 0.1) is 10.6 Å². The predicted molar refractivity (Wildman–Crippen MR) is 83.9 cm³/mol. The summed E-state index contributed by atoms with van der Waals surface area (Å²) < 4.78 is 28.0. The van der Waals surface area contributed by atoms with E-state index in [0.29, 0.717) is 10.6 Å². The zero-order valence-corrected chi connectivity index (χ0v) is 14.4. The average Bonchev–Trinajstić information content (AvgIpc) is 2.94. The Bertz CT molecular complexity index is 817. The Morgan fingerprint density at radius 2 is 1.91 bits per heavy atom. The van der Waals surface area contributed by atoms with Crippen LogP contribution in [-0.4, -0.2) is 30.8 Å². The van der Waals surface area contributed by atoms with Gasteiger partial charge in [0, 0.05) is 6.26 Å². The van der Waals surface area contributed by atoms with Crippen LogP contribution in [0.4, 0.5) is 0 Å². The highest BCUT2D eigenvalue weighted by Crippen LogP contribution is 2.23. The summed E-state index contributed by atoms with van der Waals surface area (Å²) >= 11 is 6.00. The molecule has 0 unspecified atom stereocenters. The Morgan fingerprint density at radius 3 is 2.43 bits per heavy atom. The van der Waals surface area contributed by atoms with Gasteiger partial charge in [0.2, 0.25) is 15.7 Å². The van der Waals surface area contributed by atoms with Gasteiger partial charge in [-0.25, -0.2) is 8.42 Å². The summed E-state index contributed by atoms with van der Waals surface area (Å²) in [6.07, 6.45) is 0.969. The maximum absolute atomic E-state index is 12.4. The van der Waals surface area contributed by atoms with E-state index < -0.39 is 27.0 Å². The second-order valence-corrected chi connectivity index (χ2v) is 7.65. The molecule has 0 aliphatic carbocycles. The number of carbonyl (C=O) groups is 1. The maximum atomic E-state index is 12.4. The molecule has 0 bridgehead atoms. The van der Waals surface area contributed by atoms with Crippen LogP contribution in [0.3, 0.4) is 0 Å². The van der Waals surface area contributed by atoms with Crippen molar-refractivity contribution in [2.24, 2.45) is 5.92 Å². The fraction of sp³-hybridized carbons (Fsp3) is 0.357. The van der Waals surface area contributed by atoms with Gasteiger partial charge in [-0.3, -0.25) is 4.79 Å². The van der Waals surface area contributed by atoms with E-state index in [0.717, 1.165) is 6.26 Å². The lowest BCUT2D eigenvalue weighted by Crippen LogP contribution is -2.32. The molecule has 0 aliphatic heterocycles. The lowest BCUT2D eigenvalue weighted by Gasteiger charge is -2.19. The van der Waals surface area contributed by atoms with Crippen molar-refractivity contribution < 1.29 is 17.6 Å². The largest absolute Gasteiger partial charge is 0.410 e. The number of amides is 1. The lowest BCUT2D eigenvalue weighted by molar-refractivity contribution is 0.0915. The van der Waals surface area contributed by atoms with Gasteiger partial charge in [-0.1, -0.05) is 42.7 Å². The smallest absolute Gasteiger partial charge is 0.335 e. The number of benzene rings is 1. The molecule has 2 rings (SSSR count). The van der Waals surface area contributed by atoms with Crippen molar-refractivity contribution in [2.75, 3.05) is 6.26 Å². The van der Waals surface area contributed by atoms with E-state index in [-0.39, 0.29) is 11.8 Å². The highest BCUT2D eigenvalue weighted by Gasteiger charge is 2.27. The molecule has 0 saturated heterocycles. The zero-order valence-electron chi connectivity index (χ0n) is 12.8. The van der Waals surface area contributed by atoms with Crippen LogP contribution in [0.2, 0.25) is 5.02 Å². The normalized spacial score (nSPS) is 13.1. The molecule has 124 valence electrons. The SMILES string of the molecule is CC(C)[C@H](NC(=O)c1ccccc1Cl)c1nnc(S(C)(=O)=O)o1. The number of aromatic nitrogens is 2. The molecule has 1 aromatic carbocycles. The first kappa shape index (κ1) is 17.4. The van der Waals surface area contributed by atoms with E-state index in [9.17, 15) is 13.2 Å². The zero-order chi connectivity index (χ0) is 17.2. The molecule has 1 amide bonds. The molecular formula is C14H16ClN3O4S. The lowest BCUT2D eigenvalue weighted by atomic mass is 10.0. The Hall–Kier alpha value is -1.93. The summed E-state index contributed by atoms with van der Waals surface area (Å²) in [6.45, 7) is 3.67. The van der Waals surface area contributed by atoms with E-state index in [1.807, 2.05) is 13.8 Å². The molecule has 1 heterocycles. The van der Waals surface area contributed by atoms with Gasteiger partial charge in [0.15, 0.2) is 0 Å². The number of hydrogen-bond donors (Lipinski definition) is 1. The molecule has 2 aromatic rings. The van der Waals surface area contributed by atoms with Gasteiger partial charge in [0.1, 0.15) is 6.04 Å². The number of nitrogens with zero attached hydrogens (tertiary/aromatic N) is 2. The van der Waals surface area contributed by atoms with Gasteiger partial charge in [-0.2, -0.15) is 0 Å². The number of hydrogen-bond acceptors (Lipinski definition) is 6. The molecule has 0 fully saturated rings. The minimum absolute atomic E-state index is 0.0285. The maximum Gasteiger partial charge on any atom is 0.335 e. The Morgan fingerprint density at radius 1 is 1.26 bits per heavy atom. The number of carbonyl (C=O) groups excluding carboxylic acids is 1. The topological polar surface area (TPSA) is 102 Å². The Kier molecular flexibility index (Phi) is 5.06. The molecule has 0 radical (unpaired) electrons. The third-order valence-corrected chi connectivity index (χ3v) is 4.21. The molecule has 1 atom stereocenters. The van der Waals surface area contributed by atoms with Crippen molar-refractivity contribution in [1.82, 2.24) is 15.5 Å². The van der Waals surface area contributed by atoms with Crippen molar-refractivity contribution >= 4 is 27.3 Å². The average molecular weight is 358 g/mol. The van der Waals surface area contributed by atoms with Crippen molar-refractivity contribution in [2.45, 2.75) is 25.1 Å². The van der Waals surface area contributed by atoms with Crippen molar-refractivity contribution in [3.63, 3.8) is 0 Å². The first-order valence-electron chi connectivity index (χ1n) is 6.79. The second-order valence-electron chi connectivity index (χ2n) is 5.35. The van der Waals surface area contributed by atoms with E-state index in [2.05, 4.69) is 15.5 Å². The molecule has 0 aliphatic rings. The van der Waals surface area contributed by atoms with Crippen LogP contribution in [0.25, 0.3) is 0 Å². The third kappa shape index (κ3) is 4.08. The monoisotopic (exact) mass is 357 g/mol. The fourth-order valence-electron chi connectivity index (χ4n) is 1.87. The molecule has 1 aromatic heterocycles. The van der Waals surface area contributed by atoms with Crippen LogP contribution in [0.5, 0.6) is 0 Å². The molecule has 0 saturated carbocycles. The van der Waals surface area contributed by atoms with E-state index in [1.54, 1.807) is 24.3 Å². The van der Waals surface area contributed by atoms with E-state index >= 15 is 0 Å². The van der Waals surface area contributed by atoms with Gasteiger partial charge >= 0.3 is 5.22 Å². The van der Waals surface area contributed by atoms with Gasteiger partial charge in [0.25, 0.3) is 5.91 Å². The molecule has 23 heavy (non-hydrogen) atoms. The first-order valence-corrected chi connectivity index (χ1v) is 9.06. The highest BCUT2D eigenvalue weighted by molar-refractivity contribution is 7.90. The highest BCUT2D eigenvalue weighted by atomic mass is 35.5. The van der Waals surface area contributed by atoms with Crippen molar-refractivity contribution in [3.05, 3.63) is 40.7 Å². The Labute approximate surface area is 139 Å². The number of halogens is 1. The number of nitrogens with one attached hydrogen (secondary N) is 1.